The molecule has 1 saturated carbocycles. The van der Waals surface area contributed by atoms with Gasteiger partial charge in [-0.2, -0.15) is 0 Å². The van der Waals surface area contributed by atoms with E-state index in [2.05, 4.69) is 5.10 Å². The number of nitrogen functional groups attached to an aromatic ring is 1. The molecule has 1 heterocycles. The van der Waals surface area contributed by atoms with Gasteiger partial charge >= 0.3 is 0 Å². The summed E-state index contributed by atoms with van der Waals surface area (Å²) in [6.45, 7) is 4.03. The van der Waals surface area contributed by atoms with Crippen LogP contribution in [0.4, 0.5) is 5.69 Å². The Bertz CT molecular complexity index is 690. The highest BCUT2D eigenvalue weighted by molar-refractivity contribution is 5.49. The number of hydrogen-bond acceptors (Lipinski definition) is 2. The van der Waals surface area contributed by atoms with Gasteiger partial charge in [0.2, 0.25) is 0 Å². The summed E-state index contributed by atoms with van der Waals surface area (Å²) in [5, 5.41) is 3.26. The molecule has 0 aliphatic heterocycles. The molecule has 0 amide bonds. The number of rotatable bonds is 2. The summed E-state index contributed by atoms with van der Waals surface area (Å²) in [4.78, 5) is 12.4. The van der Waals surface area contributed by atoms with Crippen LogP contribution < -0.4 is 11.3 Å². The van der Waals surface area contributed by atoms with E-state index in [-0.39, 0.29) is 5.56 Å². The maximum absolute atomic E-state index is 12.4. The van der Waals surface area contributed by atoms with Crippen molar-refractivity contribution in [3.63, 3.8) is 0 Å². The zero-order valence-electron chi connectivity index (χ0n) is 12.1. The number of nitrogens with one attached hydrogen (secondary N) is 1. The van der Waals surface area contributed by atoms with Crippen LogP contribution in [0.3, 0.4) is 0 Å². The van der Waals surface area contributed by atoms with E-state index in [0.29, 0.717) is 11.6 Å². The Hall–Kier alpha value is -1.97. The molecule has 0 radical (unpaired) electrons. The molecule has 0 bridgehead atoms. The first-order valence-corrected chi connectivity index (χ1v) is 7.26. The van der Waals surface area contributed by atoms with Gasteiger partial charge in [0.05, 0.1) is 11.4 Å². The van der Waals surface area contributed by atoms with Crippen LogP contribution in [0.1, 0.15) is 48.4 Å². The molecule has 1 aromatic heterocycles. The van der Waals surface area contributed by atoms with Crippen molar-refractivity contribution in [3.8, 4) is 5.69 Å². The van der Waals surface area contributed by atoms with Crippen molar-refractivity contribution in [2.75, 3.05) is 5.73 Å². The largest absolute Gasteiger partial charge is 0.393 e. The Labute approximate surface area is 118 Å². The summed E-state index contributed by atoms with van der Waals surface area (Å²) in [6, 6.07) is 6.10. The normalized spacial score (nSPS) is 15.9. The molecule has 0 saturated heterocycles. The Kier molecular flexibility index (Phi) is 3.16. The molecule has 0 spiro atoms. The topological polar surface area (TPSA) is 63.8 Å². The Balaban J connectivity index is 2.13. The van der Waals surface area contributed by atoms with Crippen molar-refractivity contribution >= 4 is 5.69 Å². The van der Waals surface area contributed by atoms with Crippen LogP contribution in [0.2, 0.25) is 0 Å². The van der Waals surface area contributed by atoms with Gasteiger partial charge < -0.3 is 5.73 Å². The highest BCUT2D eigenvalue weighted by Gasteiger charge is 2.24. The van der Waals surface area contributed by atoms with Gasteiger partial charge in [-0.1, -0.05) is 25.0 Å². The van der Waals surface area contributed by atoms with E-state index in [1.807, 2.05) is 32.0 Å². The lowest BCUT2D eigenvalue weighted by Crippen LogP contribution is -2.17. The number of H-pyrrole nitrogens is 1. The van der Waals surface area contributed by atoms with Crippen LogP contribution in [0.15, 0.2) is 23.0 Å². The summed E-state index contributed by atoms with van der Waals surface area (Å²) >= 11 is 0. The number of hydrogen-bond donors (Lipinski definition) is 2. The van der Waals surface area contributed by atoms with Gasteiger partial charge in [0.25, 0.3) is 5.56 Å². The highest BCUT2D eigenvalue weighted by Crippen LogP contribution is 2.35. The van der Waals surface area contributed by atoms with Gasteiger partial charge in [-0.05, 0) is 43.9 Å². The molecule has 4 heteroatoms. The third-order valence-corrected chi connectivity index (χ3v) is 4.32. The molecule has 106 valence electrons. The van der Waals surface area contributed by atoms with Crippen molar-refractivity contribution in [2.24, 2.45) is 0 Å². The Morgan fingerprint density at radius 3 is 2.65 bits per heavy atom. The lowest BCUT2D eigenvalue weighted by Gasteiger charge is -2.09. The highest BCUT2D eigenvalue weighted by atomic mass is 16.1. The number of aromatic amines is 1. The third-order valence-electron chi connectivity index (χ3n) is 4.32. The van der Waals surface area contributed by atoms with Crippen molar-refractivity contribution < 1.29 is 0 Å². The SMILES string of the molecule is Cc1ccc(C)c(-n2[nH]c(C3CCCC3)c(N)c2=O)c1. The van der Waals surface area contributed by atoms with Crippen LogP contribution in [-0.2, 0) is 0 Å². The molecule has 1 fully saturated rings. The second-order valence-electron chi connectivity index (χ2n) is 5.85. The number of aromatic nitrogens is 2. The van der Waals surface area contributed by atoms with E-state index in [4.69, 9.17) is 5.73 Å². The van der Waals surface area contributed by atoms with Gasteiger partial charge in [0, 0.05) is 5.92 Å². The van der Waals surface area contributed by atoms with Gasteiger partial charge in [-0.3, -0.25) is 9.89 Å². The Morgan fingerprint density at radius 1 is 1.25 bits per heavy atom. The van der Waals surface area contributed by atoms with Crippen LogP contribution in [0.5, 0.6) is 0 Å². The average molecular weight is 271 g/mol. The van der Waals surface area contributed by atoms with Crippen molar-refractivity contribution in [2.45, 2.75) is 45.4 Å². The molecule has 3 N–H and O–H groups in total. The number of nitrogens with two attached hydrogens (primary N) is 1. The molecule has 0 unspecified atom stereocenters. The monoisotopic (exact) mass is 271 g/mol. The number of nitrogens with zero attached hydrogens (tertiary/aromatic N) is 1. The molecular weight excluding hydrogens is 250 g/mol. The van der Waals surface area contributed by atoms with Crippen molar-refractivity contribution in [1.29, 1.82) is 0 Å². The van der Waals surface area contributed by atoms with Crippen molar-refractivity contribution in [1.82, 2.24) is 9.78 Å². The summed E-state index contributed by atoms with van der Waals surface area (Å²) in [7, 11) is 0. The fourth-order valence-electron chi connectivity index (χ4n) is 3.12. The zero-order chi connectivity index (χ0) is 14.3. The fraction of sp³-hybridized carbons (Fsp3) is 0.438. The predicted octanol–water partition coefficient (Wildman–Crippen LogP) is 3.02. The van der Waals surface area contributed by atoms with Gasteiger partial charge in [-0.25, -0.2) is 4.68 Å². The zero-order valence-corrected chi connectivity index (χ0v) is 12.1. The van der Waals surface area contributed by atoms with E-state index in [0.717, 1.165) is 35.3 Å². The van der Waals surface area contributed by atoms with Crippen LogP contribution in [-0.4, -0.2) is 9.78 Å². The molecule has 4 nitrogen and oxygen atoms in total. The summed E-state index contributed by atoms with van der Waals surface area (Å²) in [5.74, 6) is 0.411. The second kappa shape index (κ2) is 4.85. The minimum absolute atomic E-state index is 0.124. The molecule has 3 rings (SSSR count). The first-order chi connectivity index (χ1) is 9.58. The maximum atomic E-state index is 12.4. The molecule has 1 aromatic carbocycles. The molecular formula is C16H21N3O. The van der Waals surface area contributed by atoms with Gasteiger partial charge in [0.15, 0.2) is 0 Å². The quantitative estimate of drug-likeness (QED) is 0.881. The van der Waals surface area contributed by atoms with E-state index >= 15 is 0 Å². The van der Waals surface area contributed by atoms with E-state index in [1.54, 1.807) is 4.68 Å². The predicted molar refractivity (Wildman–Crippen MR) is 81.5 cm³/mol. The summed E-state index contributed by atoms with van der Waals surface area (Å²) < 4.78 is 1.60. The average Bonchev–Trinajstić information content (AvgIpc) is 3.04. The first-order valence-electron chi connectivity index (χ1n) is 7.26. The van der Waals surface area contributed by atoms with Gasteiger partial charge in [0.1, 0.15) is 5.69 Å². The van der Waals surface area contributed by atoms with Gasteiger partial charge in [-0.15, -0.1) is 0 Å². The molecule has 20 heavy (non-hydrogen) atoms. The minimum atomic E-state index is -0.124. The van der Waals surface area contributed by atoms with Crippen molar-refractivity contribution in [3.05, 3.63) is 45.4 Å². The third kappa shape index (κ3) is 2.05. The lowest BCUT2D eigenvalue weighted by molar-refractivity contribution is 0.677. The minimum Gasteiger partial charge on any atom is -0.393 e. The molecule has 1 aliphatic carbocycles. The number of benzene rings is 1. The van der Waals surface area contributed by atoms with E-state index in [9.17, 15) is 4.79 Å². The second-order valence-corrected chi connectivity index (χ2v) is 5.85. The van der Waals surface area contributed by atoms with Crippen LogP contribution in [0, 0.1) is 13.8 Å². The smallest absolute Gasteiger partial charge is 0.294 e. The lowest BCUT2D eigenvalue weighted by atomic mass is 10.0. The van der Waals surface area contributed by atoms with Crippen LogP contribution in [0.25, 0.3) is 5.69 Å². The van der Waals surface area contributed by atoms with Crippen LogP contribution >= 0.6 is 0 Å². The Morgan fingerprint density at radius 2 is 1.95 bits per heavy atom. The fourth-order valence-corrected chi connectivity index (χ4v) is 3.12. The molecule has 1 aliphatic rings. The first kappa shape index (κ1) is 13.0. The standard InChI is InChI=1S/C16H21N3O/c1-10-7-8-11(2)13(9-10)19-16(20)14(17)15(18-19)12-5-3-4-6-12/h7-9,12,18H,3-6,17H2,1-2H3. The van der Waals surface area contributed by atoms with E-state index in [1.165, 1.54) is 12.8 Å². The molecule has 0 atom stereocenters. The summed E-state index contributed by atoms with van der Waals surface area (Å²) in [5.41, 5.74) is 10.3. The number of anilines is 1. The molecule has 2 aromatic rings. The number of aryl methyl sites for hydroxylation is 2. The van der Waals surface area contributed by atoms with E-state index < -0.39 is 0 Å². The summed E-state index contributed by atoms with van der Waals surface area (Å²) in [6.07, 6.45) is 4.69. The maximum Gasteiger partial charge on any atom is 0.294 e.